The Morgan fingerprint density at radius 3 is 1.05 bits per heavy atom. The summed E-state index contributed by atoms with van der Waals surface area (Å²) in [4.78, 5) is 38.0. The summed E-state index contributed by atoms with van der Waals surface area (Å²) in [6.07, 6.45) is 69.0. The van der Waals surface area contributed by atoms with Crippen LogP contribution < -0.4 is 0 Å². The largest absolute Gasteiger partial charge is 0.462 e. The predicted molar refractivity (Wildman–Crippen MR) is 284 cm³/mol. The van der Waals surface area contributed by atoms with E-state index in [1.165, 1.54) is 148 Å². The molecular formula is C60H104O6. The molecule has 0 radical (unpaired) electrons. The number of esters is 3. The fraction of sp³-hybridized carbons (Fsp3) is 0.750. The Morgan fingerprint density at radius 1 is 0.318 bits per heavy atom. The summed E-state index contributed by atoms with van der Waals surface area (Å²) in [7, 11) is 0. The highest BCUT2D eigenvalue weighted by molar-refractivity contribution is 5.71. The number of ether oxygens (including phenoxy) is 3. The van der Waals surface area contributed by atoms with Crippen LogP contribution in [0.3, 0.4) is 0 Å². The van der Waals surface area contributed by atoms with Crippen molar-refractivity contribution >= 4 is 17.9 Å². The number of hydrogen-bond acceptors (Lipinski definition) is 6. The average Bonchev–Trinajstić information content (AvgIpc) is 3.31. The van der Waals surface area contributed by atoms with Crippen molar-refractivity contribution in [1.29, 1.82) is 0 Å². The Balaban J connectivity index is 4.42. The first-order valence-electron chi connectivity index (χ1n) is 27.9. The number of hydrogen-bond donors (Lipinski definition) is 0. The molecule has 1 unspecified atom stereocenters. The third-order valence-electron chi connectivity index (χ3n) is 12.0. The van der Waals surface area contributed by atoms with Gasteiger partial charge in [0.15, 0.2) is 6.10 Å². The monoisotopic (exact) mass is 921 g/mol. The predicted octanol–water partition coefficient (Wildman–Crippen LogP) is 18.6. The standard InChI is InChI=1S/C60H104O6/c1-4-7-10-13-16-19-22-25-27-29-31-32-35-38-41-44-47-50-53-59(62)65-56-57(55-64-58(61)52-49-46-43-40-37-34-24-21-18-15-12-9-6-3)66-60(63)54-51-48-45-42-39-36-33-30-28-26-23-20-17-14-11-8-5-2/h9,12,17-18,20-21,26,28,34,37,43,46,57H,4-8,10-11,13-16,19,22-25,27,29-33,35-36,38-42,44-45,47-56H2,1-3H3/b12-9-,20-17-,21-18-,28-26-,37-34-,46-43-. The van der Waals surface area contributed by atoms with Crippen molar-refractivity contribution in [2.75, 3.05) is 13.2 Å². The summed E-state index contributed by atoms with van der Waals surface area (Å²) in [5, 5.41) is 0. The molecule has 0 saturated carbocycles. The van der Waals surface area contributed by atoms with Crippen LogP contribution in [0.1, 0.15) is 271 Å². The minimum absolute atomic E-state index is 0.0985. The van der Waals surface area contributed by atoms with E-state index in [4.69, 9.17) is 14.2 Å². The minimum atomic E-state index is -0.806. The molecule has 0 aromatic carbocycles. The van der Waals surface area contributed by atoms with E-state index in [2.05, 4.69) is 87.6 Å². The van der Waals surface area contributed by atoms with Crippen molar-refractivity contribution in [3.8, 4) is 0 Å². The van der Waals surface area contributed by atoms with E-state index in [1.807, 2.05) is 6.08 Å². The smallest absolute Gasteiger partial charge is 0.306 e. The van der Waals surface area contributed by atoms with Crippen molar-refractivity contribution in [3.63, 3.8) is 0 Å². The molecule has 0 heterocycles. The summed E-state index contributed by atoms with van der Waals surface area (Å²) < 4.78 is 16.8. The van der Waals surface area contributed by atoms with Crippen LogP contribution in [0.25, 0.3) is 0 Å². The van der Waals surface area contributed by atoms with Crippen molar-refractivity contribution < 1.29 is 28.6 Å². The summed E-state index contributed by atoms with van der Waals surface area (Å²) in [6, 6.07) is 0. The molecule has 6 heteroatoms. The Labute approximate surface area is 408 Å². The first-order valence-corrected chi connectivity index (χ1v) is 27.9. The van der Waals surface area contributed by atoms with Gasteiger partial charge in [-0.3, -0.25) is 14.4 Å². The zero-order chi connectivity index (χ0) is 47.9. The van der Waals surface area contributed by atoms with Crippen LogP contribution in [-0.2, 0) is 28.6 Å². The van der Waals surface area contributed by atoms with Gasteiger partial charge >= 0.3 is 17.9 Å². The highest BCUT2D eigenvalue weighted by Crippen LogP contribution is 2.16. The van der Waals surface area contributed by atoms with Gasteiger partial charge in [0.1, 0.15) is 13.2 Å². The van der Waals surface area contributed by atoms with Crippen LogP contribution in [0.4, 0.5) is 0 Å². The molecule has 0 aromatic heterocycles. The molecule has 0 aliphatic carbocycles. The van der Waals surface area contributed by atoms with Gasteiger partial charge in [-0.05, 0) is 77.0 Å². The maximum absolute atomic E-state index is 12.8. The second kappa shape index (κ2) is 54.5. The van der Waals surface area contributed by atoms with Gasteiger partial charge in [0.05, 0.1) is 0 Å². The van der Waals surface area contributed by atoms with Crippen LogP contribution in [0.15, 0.2) is 72.9 Å². The maximum atomic E-state index is 12.8. The zero-order valence-electron chi connectivity index (χ0n) is 43.4. The molecule has 0 spiro atoms. The van der Waals surface area contributed by atoms with Crippen LogP contribution in [-0.4, -0.2) is 37.2 Å². The minimum Gasteiger partial charge on any atom is -0.462 e. The number of allylic oxidation sites excluding steroid dienone is 12. The molecule has 0 fully saturated rings. The third kappa shape index (κ3) is 51.8. The third-order valence-corrected chi connectivity index (χ3v) is 12.0. The molecular weight excluding hydrogens is 817 g/mol. The summed E-state index contributed by atoms with van der Waals surface area (Å²) >= 11 is 0. The Bertz CT molecular complexity index is 1240. The molecule has 0 N–H and O–H groups in total. The van der Waals surface area contributed by atoms with Crippen LogP contribution in [0, 0.1) is 0 Å². The number of carbonyl (C=O) groups excluding carboxylic acids is 3. The van der Waals surface area contributed by atoms with E-state index in [-0.39, 0.29) is 37.5 Å². The van der Waals surface area contributed by atoms with Gasteiger partial charge in [0.2, 0.25) is 0 Å². The first-order chi connectivity index (χ1) is 32.5. The molecule has 0 aliphatic heterocycles. The molecule has 0 saturated heterocycles. The molecule has 0 rings (SSSR count). The molecule has 1 atom stereocenters. The average molecular weight is 921 g/mol. The van der Waals surface area contributed by atoms with E-state index in [9.17, 15) is 14.4 Å². The Kier molecular flexibility index (Phi) is 51.9. The van der Waals surface area contributed by atoms with Crippen molar-refractivity contribution in [1.82, 2.24) is 0 Å². The van der Waals surface area contributed by atoms with Crippen LogP contribution in [0.2, 0.25) is 0 Å². The summed E-state index contributed by atoms with van der Waals surface area (Å²) in [6.45, 7) is 6.45. The van der Waals surface area contributed by atoms with Crippen LogP contribution >= 0.6 is 0 Å². The Morgan fingerprint density at radius 2 is 0.621 bits per heavy atom. The zero-order valence-corrected chi connectivity index (χ0v) is 43.4. The van der Waals surface area contributed by atoms with Gasteiger partial charge < -0.3 is 14.2 Å². The van der Waals surface area contributed by atoms with Gasteiger partial charge in [-0.15, -0.1) is 0 Å². The van der Waals surface area contributed by atoms with Gasteiger partial charge in [0, 0.05) is 19.3 Å². The van der Waals surface area contributed by atoms with Gasteiger partial charge in [-0.1, -0.05) is 248 Å². The molecule has 0 aliphatic rings. The molecule has 380 valence electrons. The number of rotatable bonds is 50. The number of carbonyl (C=O) groups is 3. The fourth-order valence-corrected chi connectivity index (χ4v) is 7.78. The van der Waals surface area contributed by atoms with Gasteiger partial charge in [-0.25, -0.2) is 0 Å². The maximum Gasteiger partial charge on any atom is 0.306 e. The lowest BCUT2D eigenvalue weighted by Crippen LogP contribution is -2.30. The summed E-state index contributed by atoms with van der Waals surface area (Å²) in [5.74, 6) is -0.984. The lowest BCUT2D eigenvalue weighted by atomic mass is 10.0. The molecule has 6 nitrogen and oxygen atoms in total. The number of unbranched alkanes of at least 4 members (excludes halogenated alkanes) is 27. The van der Waals surface area contributed by atoms with E-state index in [1.54, 1.807) is 0 Å². The van der Waals surface area contributed by atoms with Crippen molar-refractivity contribution in [2.45, 2.75) is 277 Å². The lowest BCUT2D eigenvalue weighted by molar-refractivity contribution is -0.166. The van der Waals surface area contributed by atoms with Gasteiger partial charge in [-0.2, -0.15) is 0 Å². The molecule has 0 amide bonds. The normalized spacial score (nSPS) is 12.6. The van der Waals surface area contributed by atoms with E-state index >= 15 is 0 Å². The van der Waals surface area contributed by atoms with Crippen LogP contribution in [0.5, 0.6) is 0 Å². The molecule has 0 bridgehead atoms. The van der Waals surface area contributed by atoms with E-state index < -0.39 is 6.10 Å². The molecule has 66 heavy (non-hydrogen) atoms. The molecule has 0 aromatic rings. The van der Waals surface area contributed by atoms with Gasteiger partial charge in [0.25, 0.3) is 0 Å². The summed E-state index contributed by atoms with van der Waals surface area (Å²) in [5.41, 5.74) is 0. The highest BCUT2D eigenvalue weighted by Gasteiger charge is 2.19. The first kappa shape index (κ1) is 62.8. The quantitative estimate of drug-likeness (QED) is 0.0262. The second-order valence-electron chi connectivity index (χ2n) is 18.5. The van der Waals surface area contributed by atoms with E-state index in [0.29, 0.717) is 19.3 Å². The fourth-order valence-electron chi connectivity index (χ4n) is 7.78. The topological polar surface area (TPSA) is 78.9 Å². The lowest BCUT2D eigenvalue weighted by Gasteiger charge is -2.18. The second-order valence-corrected chi connectivity index (χ2v) is 18.5. The van der Waals surface area contributed by atoms with Crippen molar-refractivity contribution in [2.24, 2.45) is 0 Å². The SMILES string of the molecule is CC/C=C\C/C=C\C/C=C\C/C=C\CCC(=O)OCC(COC(=O)CCCCCCCCCCCCCCCCCCCC)OC(=O)CCCCCCCCC/C=C\C/C=C\CCCCC. The van der Waals surface area contributed by atoms with Crippen molar-refractivity contribution in [3.05, 3.63) is 72.9 Å². The highest BCUT2D eigenvalue weighted by atomic mass is 16.6. The Hall–Kier alpha value is -3.15. The van der Waals surface area contributed by atoms with E-state index in [0.717, 1.165) is 77.0 Å².